The third kappa shape index (κ3) is 7.16. The van der Waals surface area contributed by atoms with Crippen molar-refractivity contribution in [1.29, 1.82) is 0 Å². The summed E-state index contributed by atoms with van der Waals surface area (Å²) in [5.74, 6) is -1.07. The van der Waals surface area contributed by atoms with Gasteiger partial charge in [-0.1, -0.05) is 29.8 Å². The highest BCUT2D eigenvalue weighted by Gasteiger charge is 2.30. The van der Waals surface area contributed by atoms with Crippen LogP contribution in [0, 0.1) is 10.1 Å². The van der Waals surface area contributed by atoms with Crippen LogP contribution in [-0.2, 0) is 26.2 Å². The molecule has 1 atom stereocenters. The van der Waals surface area contributed by atoms with Gasteiger partial charge in [0, 0.05) is 30.2 Å². The fraction of sp³-hybridized carbons (Fsp3) is 0.333. The van der Waals surface area contributed by atoms with Crippen molar-refractivity contribution < 1.29 is 22.9 Å². The first-order valence-electron chi connectivity index (χ1n) is 9.97. The van der Waals surface area contributed by atoms with Crippen molar-refractivity contribution in [3.05, 3.63) is 69.2 Å². The minimum absolute atomic E-state index is 0.00420. The van der Waals surface area contributed by atoms with Crippen molar-refractivity contribution in [3.8, 4) is 0 Å². The predicted molar refractivity (Wildman–Crippen MR) is 125 cm³/mol. The van der Waals surface area contributed by atoms with E-state index >= 15 is 0 Å². The number of carbonyl (C=O) groups excluding carboxylic acids is 2. The Balaban J connectivity index is 2.42. The number of benzene rings is 2. The normalized spacial score (nSPS) is 12.0. The third-order valence-electron chi connectivity index (χ3n) is 4.77. The lowest BCUT2D eigenvalue weighted by Crippen LogP contribution is -2.51. The molecule has 2 aromatic rings. The van der Waals surface area contributed by atoms with Crippen LogP contribution < -0.4 is 9.62 Å². The molecule has 2 rings (SSSR count). The Bertz CT molecular complexity index is 1140. The van der Waals surface area contributed by atoms with Gasteiger partial charge in [-0.15, -0.1) is 0 Å². The molecule has 0 saturated carbocycles. The molecule has 0 heterocycles. The molecule has 0 fully saturated rings. The minimum atomic E-state index is -3.98. The summed E-state index contributed by atoms with van der Waals surface area (Å²) in [5, 5.41) is 14.2. The van der Waals surface area contributed by atoms with E-state index in [2.05, 4.69) is 5.32 Å². The zero-order valence-corrected chi connectivity index (χ0v) is 20.0. The predicted octanol–water partition coefficient (Wildman–Crippen LogP) is 2.57. The monoisotopic (exact) mass is 496 g/mol. The Labute approximate surface area is 197 Å². The summed E-state index contributed by atoms with van der Waals surface area (Å²) in [6.07, 6.45) is 0.896. The van der Waals surface area contributed by atoms with Crippen LogP contribution in [0.5, 0.6) is 0 Å². The lowest BCUT2D eigenvalue weighted by molar-refractivity contribution is -0.384. The Morgan fingerprint density at radius 2 is 1.85 bits per heavy atom. The topological polar surface area (TPSA) is 130 Å². The van der Waals surface area contributed by atoms with Gasteiger partial charge in [-0.05, 0) is 37.6 Å². The average Bonchev–Trinajstić information content (AvgIpc) is 2.74. The number of likely N-dealkylation sites (N-methyl/N-ethyl adjacent to an activating group) is 1. The Kier molecular flexibility index (Phi) is 8.77. The van der Waals surface area contributed by atoms with Gasteiger partial charge in [-0.2, -0.15) is 0 Å². The number of amides is 2. The molecule has 0 radical (unpaired) electrons. The number of sulfonamides is 1. The van der Waals surface area contributed by atoms with E-state index in [1.165, 1.54) is 30.0 Å². The molecule has 0 saturated heterocycles. The number of nitro benzene ring substituents is 1. The van der Waals surface area contributed by atoms with E-state index in [9.17, 15) is 28.1 Å². The van der Waals surface area contributed by atoms with Crippen LogP contribution in [0.15, 0.2) is 48.5 Å². The van der Waals surface area contributed by atoms with Crippen molar-refractivity contribution in [1.82, 2.24) is 10.2 Å². The van der Waals surface area contributed by atoms with E-state index in [-0.39, 0.29) is 17.9 Å². The molecule has 0 aliphatic rings. The van der Waals surface area contributed by atoms with Crippen molar-refractivity contribution >= 4 is 44.8 Å². The van der Waals surface area contributed by atoms with E-state index < -0.39 is 39.3 Å². The van der Waals surface area contributed by atoms with E-state index in [0.717, 1.165) is 16.6 Å². The van der Waals surface area contributed by atoms with Crippen LogP contribution in [0.4, 0.5) is 11.4 Å². The van der Waals surface area contributed by atoms with Crippen LogP contribution in [0.25, 0.3) is 0 Å². The standard InChI is InChI=1S/C21H25ClN4O6S/c1-4-23-21(28)15(2)24(13-16-7-5-8-17(22)11-16)20(27)14-25(33(3,31)32)18-9-6-10-19(12-18)26(29)30/h5-12,15H,4,13-14H2,1-3H3,(H,23,28)/t15-/m1/s1. The minimum Gasteiger partial charge on any atom is -0.355 e. The maximum Gasteiger partial charge on any atom is 0.271 e. The smallest absolute Gasteiger partial charge is 0.271 e. The lowest BCUT2D eigenvalue weighted by atomic mass is 10.1. The third-order valence-corrected chi connectivity index (χ3v) is 6.14. The summed E-state index contributed by atoms with van der Waals surface area (Å²) < 4.78 is 25.7. The zero-order valence-electron chi connectivity index (χ0n) is 18.4. The molecule has 0 bridgehead atoms. The summed E-state index contributed by atoms with van der Waals surface area (Å²) in [7, 11) is -3.98. The van der Waals surface area contributed by atoms with Gasteiger partial charge in [0.05, 0.1) is 16.9 Å². The number of carbonyl (C=O) groups is 2. The van der Waals surface area contributed by atoms with Crippen LogP contribution in [0.3, 0.4) is 0 Å². The summed E-state index contributed by atoms with van der Waals surface area (Å²) in [6, 6.07) is 10.8. The molecule has 0 aromatic heterocycles. The summed E-state index contributed by atoms with van der Waals surface area (Å²) >= 11 is 6.04. The van der Waals surface area contributed by atoms with Gasteiger partial charge in [0.25, 0.3) is 5.69 Å². The van der Waals surface area contributed by atoms with Crippen molar-refractivity contribution in [2.24, 2.45) is 0 Å². The number of nitrogens with one attached hydrogen (secondary N) is 1. The molecule has 2 aromatic carbocycles. The lowest BCUT2D eigenvalue weighted by Gasteiger charge is -2.31. The number of anilines is 1. The Hall–Kier alpha value is -3.18. The maximum atomic E-state index is 13.3. The number of nitrogens with zero attached hydrogens (tertiary/aromatic N) is 3. The highest BCUT2D eigenvalue weighted by molar-refractivity contribution is 7.92. The van der Waals surface area contributed by atoms with E-state index in [1.807, 2.05) is 0 Å². The molecule has 0 aliphatic heterocycles. The highest BCUT2D eigenvalue weighted by atomic mass is 35.5. The molecule has 0 aliphatic carbocycles. The molecular formula is C21H25ClN4O6S. The summed E-state index contributed by atoms with van der Waals surface area (Å²) in [5.41, 5.74) is 0.293. The number of halogens is 1. The van der Waals surface area contributed by atoms with E-state index in [0.29, 0.717) is 17.1 Å². The molecule has 12 heteroatoms. The number of non-ortho nitro benzene ring substituents is 1. The van der Waals surface area contributed by atoms with Gasteiger partial charge >= 0.3 is 0 Å². The fourth-order valence-corrected chi connectivity index (χ4v) is 4.17. The molecule has 10 nitrogen and oxygen atoms in total. The molecule has 1 N–H and O–H groups in total. The first-order valence-corrected chi connectivity index (χ1v) is 12.2. The fourth-order valence-electron chi connectivity index (χ4n) is 3.11. The molecular weight excluding hydrogens is 472 g/mol. The van der Waals surface area contributed by atoms with Gasteiger partial charge in [0.15, 0.2) is 0 Å². The van der Waals surface area contributed by atoms with Gasteiger partial charge in [-0.3, -0.25) is 24.0 Å². The Morgan fingerprint density at radius 1 is 1.18 bits per heavy atom. The first kappa shape index (κ1) is 26.1. The second kappa shape index (κ2) is 11.1. The quantitative estimate of drug-likeness (QED) is 0.397. The average molecular weight is 497 g/mol. The number of nitro groups is 1. The van der Waals surface area contributed by atoms with Crippen molar-refractivity contribution in [3.63, 3.8) is 0 Å². The van der Waals surface area contributed by atoms with Crippen molar-refractivity contribution in [2.45, 2.75) is 26.4 Å². The molecule has 0 unspecified atom stereocenters. The second-order valence-electron chi connectivity index (χ2n) is 7.27. The van der Waals surface area contributed by atoms with E-state index in [1.54, 1.807) is 31.2 Å². The van der Waals surface area contributed by atoms with Crippen LogP contribution in [0.2, 0.25) is 5.02 Å². The van der Waals surface area contributed by atoms with Gasteiger partial charge in [0.2, 0.25) is 21.8 Å². The van der Waals surface area contributed by atoms with Crippen LogP contribution >= 0.6 is 11.6 Å². The number of hydrogen-bond donors (Lipinski definition) is 1. The largest absolute Gasteiger partial charge is 0.355 e. The summed E-state index contributed by atoms with van der Waals surface area (Å²) in [6.45, 7) is 2.98. The molecule has 178 valence electrons. The van der Waals surface area contributed by atoms with Crippen LogP contribution in [0.1, 0.15) is 19.4 Å². The molecule has 0 spiro atoms. The van der Waals surface area contributed by atoms with Gasteiger partial charge in [0.1, 0.15) is 12.6 Å². The second-order valence-corrected chi connectivity index (χ2v) is 9.61. The molecule has 2 amide bonds. The molecule has 33 heavy (non-hydrogen) atoms. The van der Waals surface area contributed by atoms with Crippen molar-refractivity contribution in [2.75, 3.05) is 23.7 Å². The van der Waals surface area contributed by atoms with Gasteiger partial charge < -0.3 is 10.2 Å². The maximum absolute atomic E-state index is 13.3. The van der Waals surface area contributed by atoms with E-state index in [4.69, 9.17) is 11.6 Å². The first-order chi connectivity index (χ1) is 15.4. The number of hydrogen-bond acceptors (Lipinski definition) is 6. The summed E-state index contributed by atoms with van der Waals surface area (Å²) in [4.78, 5) is 37.5. The SMILES string of the molecule is CCNC(=O)[C@@H](C)N(Cc1cccc(Cl)c1)C(=O)CN(c1cccc([N+](=O)[O-])c1)S(C)(=O)=O. The highest BCUT2D eigenvalue weighted by Crippen LogP contribution is 2.24. The Morgan fingerprint density at radius 3 is 2.42 bits per heavy atom. The van der Waals surface area contributed by atoms with Crippen LogP contribution in [-0.4, -0.2) is 55.4 Å². The zero-order chi connectivity index (χ0) is 24.8. The number of rotatable bonds is 10. The van der Waals surface area contributed by atoms with Gasteiger partial charge in [-0.25, -0.2) is 8.42 Å².